The Kier molecular flexibility index (Phi) is 5.26. The van der Waals surface area contributed by atoms with Crippen LogP contribution in [0.5, 0.6) is 5.75 Å². The van der Waals surface area contributed by atoms with Crippen LogP contribution in [-0.2, 0) is 12.8 Å². The highest BCUT2D eigenvalue weighted by atomic mass is 19.1. The van der Waals surface area contributed by atoms with Crippen molar-refractivity contribution >= 4 is 0 Å². The standard InChI is InChI=1S/C19H23FN2O/c20-16-6-3-14(4-7-16)12-19-18-13-17(23-11-9-21)8-5-15(18)2-1-10-22-19/h3-8,13,19,22H,1-2,9-12,21H2. The molecule has 3 nitrogen and oxygen atoms in total. The molecule has 23 heavy (non-hydrogen) atoms. The van der Waals surface area contributed by atoms with E-state index < -0.39 is 0 Å². The van der Waals surface area contributed by atoms with Crippen molar-refractivity contribution in [2.24, 2.45) is 5.73 Å². The van der Waals surface area contributed by atoms with Crippen molar-refractivity contribution in [2.75, 3.05) is 19.7 Å². The van der Waals surface area contributed by atoms with Crippen molar-refractivity contribution in [1.82, 2.24) is 5.32 Å². The summed E-state index contributed by atoms with van der Waals surface area (Å²) in [6.07, 6.45) is 3.03. The Morgan fingerprint density at radius 1 is 1.17 bits per heavy atom. The lowest BCUT2D eigenvalue weighted by Gasteiger charge is -2.20. The van der Waals surface area contributed by atoms with Gasteiger partial charge in [-0.05, 0) is 66.8 Å². The maximum atomic E-state index is 13.1. The molecule has 3 N–H and O–H groups in total. The van der Waals surface area contributed by atoms with E-state index in [0.29, 0.717) is 13.2 Å². The van der Waals surface area contributed by atoms with E-state index in [2.05, 4.69) is 17.4 Å². The summed E-state index contributed by atoms with van der Waals surface area (Å²) in [5, 5.41) is 3.61. The van der Waals surface area contributed by atoms with E-state index in [4.69, 9.17) is 10.5 Å². The third-order valence-electron chi connectivity index (χ3n) is 4.25. The molecule has 1 unspecified atom stereocenters. The summed E-state index contributed by atoms with van der Waals surface area (Å²) in [5.74, 6) is 0.669. The maximum absolute atomic E-state index is 13.1. The monoisotopic (exact) mass is 314 g/mol. The predicted molar refractivity (Wildman–Crippen MR) is 90.2 cm³/mol. The number of halogens is 1. The third kappa shape index (κ3) is 4.09. The molecule has 0 fully saturated rings. The molecule has 4 heteroatoms. The van der Waals surface area contributed by atoms with E-state index in [1.54, 1.807) is 0 Å². The first kappa shape index (κ1) is 16.0. The molecule has 1 atom stereocenters. The number of hydrogen-bond donors (Lipinski definition) is 2. The molecule has 1 aliphatic rings. The number of hydrogen-bond acceptors (Lipinski definition) is 3. The summed E-state index contributed by atoms with van der Waals surface area (Å²) in [7, 11) is 0. The van der Waals surface area contributed by atoms with Crippen LogP contribution in [0, 0.1) is 5.82 Å². The van der Waals surface area contributed by atoms with Gasteiger partial charge in [0, 0.05) is 12.6 Å². The lowest BCUT2D eigenvalue weighted by molar-refractivity contribution is 0.327. The van der Waals surface area contributed by atoms with Gasteiger partial charge in [-0.15, -0.1) is 0 Å². The van der Waals surface area contributed by atoms with Gasteiger partial charge in [0.25, 0.3) is 0 Å². The Balaban J connectivity index is 1.84. The number of aryl methyl sites for hydroxylation is 1. The normalized spacial score (nSPS) is 17.4. The molecule has 2 aromatic carbocycles. The van der Waals surface area contributed by atoms with Gasteiger partial charge in [0.1, 0.15) is 18.2 Å². The Bertz CT molecular complexity index is 642. The molecule has 1 aliphatic heterocycles. The molecule has 0 radical (unpaired) electrons. The molecule has 1 heterocycles. The van der Waals surface area contributed by atoms with Crippen LogP contribution in [0.2, 0.25) is 0 Å². The van der Waals surface area contributed by atoms with Gasteiger partial charge >= 0.3 is 0 Å². The van der Waals surface area contributed by atoms with Gasteiger partial charge < -0.3 is 15.8 Å². The average Bonchev–Trinajstić information content (AvgIpc) is 2.77. The van der Waals surface area contributed by atoms with Crippen LogP contribution in [-0.4, -0.2) is 19.7 Å². The SMILES string of the molecule is NCCOc1ccc2c(c1)C(Cc1ccc(F)cc1)NCCC2. The van der Waals surface area contributed by atoms with Gasteiger partial charge in [-0.25, -0.2) is 4.39 Å². The predicted octanol–water partition coefficient (Wildman–Crippen LogP) is 2.98. The fourth-order valence-corrected chi connectivity index (χ4v) is 3.10. The molecule has 0 spiro atoms. The summed E-state index contributed by atoms with van der Waals surface area (Å²) in [6, 6.07) is 13.3. The van der Waals surface area contributed by atoms with E-state index in [-0.39, 0.29) is 11.9 Å². The summed E-state index contributed by atoms with van der Waals surface area (Å²) in [4.78, 5) is 0. The fraction of sp³-hybridized carbons (Fsp3) is 0.368. The number of ether oxygens (including phenoxy) is 1. The number of rotatable bonds is 5. The Labute approximate surface area is 136 Å². The smallest absolute Gasteiger partial charge is 0.123 e. The van der Waals surface area contributed by atoms with E-state index in [0.717, 1.165) is 37.1 Å². The lowest BCUT2D eigenvalue weighted by atomic mass is 9.94. The van der Waals surface area contributed by atoms with Gasteiger partial charge in [0.2, 0.25) is 0 Å². The van der Waals surface area contributed by atoms with Gasteiger partial charge in [-0.3, -0.25) is 0 Å². The molecular weight excluding hydrogens is 291 g/mol. The zero-order valence-corrected chi connectivity index (χ0v) is 13.2. The van der Waals surface area contributed by atoms with Crippen molar-refractivity contribution in [3.8, 4) is 5.75 Å². The zero-order chi connectivity index (χ0) is 16.1. The van der Waals surface area contributed by atoms with Crippen LogP contribution < -0.4 is 15.8 Å². The molecular formula is C19H23FN2O. The van der Waals surface area contributed by atoms with Crippen molar-refractivity contribution in [2.45, 2.75) is 25.3 Å². The van der Waals surface area contributed by atoms with Crippen LogP contribution in [0.4, 0.5) is 4.39 Å². The van der Waals surface area contributed by atoms with Crippen molar-refractivity contribution in [1.29, 1.82) is 0 Å². The summed E-state index contributed by atoms with van der Waals surface area (Å²) in [6.45, 7) is 2.02. The quantitative estimate of drug-likeness (QED) is 0.892. The van der Waals surface area contributed by atoms with Crippen LogP contribution in [0.25, 0.3) is 0 Å². The van der Waals surface area contributed by atoms with Crippen molar-refractivity contribution in [3.05, 3.63) is 65.0 Å². The molecule has 0 saturated heterocycles. The maximum Gasteiger partial charge on any atom is 0.123 e. The highest BCUT2D eigenvalue weighted by Gasteiger charge is 2.19. The summed E-state index contributed by atoms with van der Waals surface area (Å²) >= 11 is 0. The number of nitrogens with two attached hydrogens (primary N) is 1. The summed E-state index contributed by atoms with van der Waals surface area (Å²) < 4.78 is 18.8. The van der Waals surface area contributed by atoms with E-state index in [1.807, 2.05) is 18.2 Å². The first-order chi connectivity index (χ1) is 11.3. The van der Waals surface area contributed by atoms with Crippen LogP contribution in [0.3, 0.4) is 0 Å². The Morgan fingerprint density at radius 3 is 2.78 bits per heavy atom. The van der Waals surface area contributed by atoms with Gasteiger partial charge in [0.15, 0.2) is 0 Å². The molecule has 2 aromatic rings. The first-order valence-electron chi connectivity index (χ1n) is 8.20. The number of nitrogens with one attached hydrogen (secondary N) is 1. The topological polar surface area (TPSA) is 47.3 Å². The second kappa shape index (κ2) is 7.57. The molecule has 0 saturated carbocycles. The summed E-state index contributed by atoms with van der Waals surface area (Å²) in [5.41, 5.74) is 9.28. The van der Waals surface area contributed by atoms with Crippen molar-refractivity contribution in [3.63, 3.8) is 0 Å². The van der Waals surface area contributed by atoms with E-state index in [9.17, 15) is 4.39 Å². The van der Waals surface area contributed by atoms with Gasteiger partial charge in [0.05, 0.1) is 0 Å². The fourth-order valence-electron chi connectivity index (χ4n) is 3.10. The molecule has 0 amide bonds. The minimum atomic E-state index is -0.194. The lowest BCUT2D eigenvalue weighted by Crippen LogP contribution is -2.23. The van der Waals surface area contributed by atoms with Crippen LogP contribution in [0.15, 0.2) is 42.5 Å². The van der Waals surface area contributed by atoms with E-state index in [1.165, 1.54) is 23.3 Å². The molecule has 0 aromatic heterocycles. The number of benzene rings is 2. The first-order valence-corrected chi connectivity index (χ1v) is 8.20. The second-order valence-electron chi connectivity index (χ2n) is 5.94. The van der Waals surface area contributed by atoms with Gasteiger partial charge in [-0.2, -0.15) is 0 Å². The Hall–Kier alpha value is -1.91. The molecule has 0 bridgehead atoms. The minimum Gasteiger partial charge on any atom is -0.492 e. The minimum absolute atomic E-state index is 0.194. The van der Waals surface area contributed by atoms with Crippen LogP contribution in [0.1, 0.15) is 29.2 Å². The molecule has 0 aliphatic carbocycles. The average molecular weight is 314 g/mol. The Morgan fingerprint density at radius 2 is 2.00 bits per heavy atom. The molecule has 3 rings (SSSR count). The largest absolute Gasteiger partial charge is 0.492 e. The number of fused-ring (bicyclic) bond motifs is 1. The van der Waals surface area contributed by atoms with Crippen molar-refractivity contribution < 1.29 is 9.13 Å². The second-order valence-corrected chi connectivity index (χ2v) is 5.94. The highest BCUT2D eigenvalue weighted by molar-refractivity contribution is 5.39. The van der Waals surface area contributed by atoms with Gasteiger partial charge in [-0.1, -0.05) is 18.2 Å². The third-order valence-corrected chi connectivity index (χ3v) is 4.25. The zero-order valence-electron chi connectivity index (χ0n) is 13.2. The molecule has 122 valence electrons. The highest BCUT2D eigenvalue weighted by Crippen LogP contribution is 2.29. The van der Waals surface area contributed by atoms with E-state index >= 15 is 0 Å². The van der Waals surface area contributed by atoms with Crippen LogP contribution >= 0.6 is 0 Å².